The number of thiazole rings is 2. The van der Waals surface area contributed by atoms with Crippen LogP contribution >= 0.6 is 22.7 Å². The fourth-order valence-corrected chi connectivity index (χ4v) is 5.18. The highest BCUT2D eigenvalue weighted by Crippen LogP contribution is 2.34. The number of anilines is 2. The summed E-state index contributed by atoms with van der Waals surface area (Å²) in [5.41, 5.74) is 3.52. The van der Waals surface area contributed by atoms with Crippen LogP contribution in [0.2, 0.25) is 0 Å². The predicted octanol–water partition coefficient (Wildman–Crippen LogP) is 7.17. The normalized spacial score (nSPS) is 10.9. The van der Waals surface area contributed by atoms with Crippen LogP contribution in [0.4, 0.5) is 33.0 Å². The van der Waals surface area contributed by atoms with E-state index < -0.39 is 0 Å². The molecule has 12 heteroatoms. The average molecular weight is 597 g/mol. The molecule has 0 saturated heterocycles. The molecule has 0 aliphatic rings. The Morgan fingerprint density at radius 3 is 1.44 bits per heavy atom. The number of ether oxygens (including phenoxy) is 2. The molecular formula is C29H40N8O2S2. The standard InChI is InChI=1S/C27H34N8O2S2.2CH3/c1-32(20-8-10-22(24(18-20)36-5)28-30-26-34(3)14-16-38-26)12-7-13-33(2)21-9-11-23(25(19-21)37-6)29-31-27-35(4)15-17-39-27;;/h8-11,14-19H,7,12-13H2,1-6H3;2*1H3/q+2;2*-1. The zero-order valence-electron chi connectivity index (χ0n) is 25.1. The van der Waals surface area contributed by atoms with Crippen molar-refractivity contribution < 1.29 is 18.6 Å². The number of hydrogen-bond donors (Lipinski definition) is 0. The summed E-state index contributed by atoms with van der Waals surface area (Å²) in [6.45, 7) is 1.75. The van der Waals surface area contributed by atoms with Gasteiger partial charge >= 0.3 is 10.3 Å². The molecule has 0 amide bonds. The maximum atomic E-state index is 5.59. The Morgan fingerprint density at radius 2 is 1.10 bits per heavy atom. The highest BCUT2D eigenvalue weighted by atomic mass is 32.1. The van der Waals surface area contributed by atoms with E-state index in [2.05, 4.69) is 44.4 Å². The summed E-state index contributed by atoms with van der Waals surface area (Å²) in [6.07, 6.45) is 4.87. The molecule has 2 aromatic heterocycles. The zero-order valence-corrected chi connectivity index (χ0v) is 26.7. The summed E-state index contributed by atoms with van der Waals surface area (Å²) in [4.78, 5) is 4.43. The number of aromatic nitrogens is 2. The maximum absolute atomic E-state index is 5.59. The Hall–Kier alpha value is -3.90. The number of aryl methyl sites for hydroxylation is 2. The first-order chi connectivity index (χ1) is 18.9. The minimum absolute atomic E-state index is 0. The van der Waals surface area contributed by atoms with Crippen molar-refractivity contribution in [3.05, 3.63) is 74.4 Å². The first-order valence-corrected chi connectivity index (χ1v) is 14.1. The lowest BCUT2D eigenvalue weighted by Crippen LogP contribution is -2.25. The van der Waals surface area contributed by atoms with Gasteiger partial charge in [0.25, 0.3) is 0 Å². The van der Waals surface area contributed by atoms with E-state index in [0.29, 0.717) is 22.9 Å². The third kappa shape index (κ3) is 8.54. The molecule has 2 aromatic carbocycles. The Labute approximate surface area is 251 Å². The lowest BCUT2D eigenvalue weighted by Gasteiger charge is -2.24. The minimum Gasteiger partial charge on any atom is -0.494 e. The van der Waals surface area contributed by atoms with E-state index in [1.54, 1.807) is 14.2 Å². The molecule has 0 fully saturated rings. The Bertz CT molecular complexity index is 1340. The van der Waals surface area contributed by atoms with E-state index >= 15 is 0 Å². The maximum Gasteiger partial charge on any atom is 0.408 e. The summed E-state index contributed by atoms with van der Waals surface area (Å²) in [7, 11) is 11.4. The number of nitrogens with zero attached hydrogens (tertiary/aromatic N) is 8. The van der Waals surface area contributed by atoms with Crippen molar-refractivity contribution in [3.8, 4) is 11.5 Å². The van der Waals surface area contributed by atoms with Crippen LogP contribution in [0, 0.1) is 14.9 Å². The molecule has 10 nitrogen and oxygen atoms in total. The van der Waals surface area contributed by atoms with Gasteiger partial charge in [0, 0.05) is 61.5 Å². The van der Waals surface area contributed by atoms with Gasteiger partial charge in [0.15, 0.2) is 22.9 Å². The molecule has 0 unspecified atom stereocenters. The summed E-state index contributed by atoms with van der Waals surface area (Å²) in [6, 6.07) is 12.0. The van der Waals surface area contributed by atoms with Crippen molar-refractivity contribution in [2.45, 2.75) is 6.42 Å². The lowest BCUT2D eigenvalue weighted by molar-refractivity contribution is -0.654. The highest BCUT2D eigenvalue weighted by molar-refractivity contribution is 7.13. The molecule has 0 radical (unpaired) electrons. The van der Waals surface area contributed by atoms with E-state index in [9.17, 15) is 0 Å². The Morgan fingerprint density at radius 1 is 0.683 bits per heavy atom. The van der Waals surface area contributed by atoms with E-state index in [-0.39, 0.29) is 14.9 Å². The van der Waals surface area contributed by atoms with Crippen LogP contribution in [0.5, 0.6) is 11.5 Å². The van der Waals surface area contributed by atoms with Crippen molar-refractivity contribution in [1.29, 1.82) is 0 Å². The number of methoxy groups -OCH3 is 2. The second kappa shape index (κ2) is 15.8. The van der Waals surface area contributed by atoms with Gasteiger partial charge in [0.05, 0.1) is 38.5 Å². The summed E-state index contributed by atoms with van der Waals surface area (Å²) in [5, 5.41) is 23.1. The van der Waals surface area contributed by atoms with Gasteiger partial charge in [-0.3, -0.25) is 0 Å². The summed E-state index contributed by atoms with van der Waals surface area (Å²) < 4.78 is 15.1. The quantitative estimate of drug-likeness (QED) is 0.0986. The molecule has 41 heavy (non-hydrogen) atoms. The number of azo groups is 2. The van der Waals surface area contributed by atoms with Crippen LogP contribution in [0.1, 0.15) is 6.42 Å². The van der Waals surface area contributed by atoms with Gasteiger partial charge in [0.1, 0.15) is 12.4 Å². The molecule has 0 saturated carbocycles. The first-order valence-electron chi connectivity index (χ1n) is 12.4. The van der Waals surface area contributed by atoms with Crippen molar-refractivity contribution in [1.82, 2.24) is 0 Å². The van der Waals surface area contributed by atoms with Crippen LogP contribution < -0.4 is 28.4 Å². The highest BCUT2D eigenvalue weighted by Gasteiger charge is 2.14. The third-order valence-electron chi connectivity index (χ3n) is 6.20. The molecule has 0 atom stereocenters. The van der Waals surface area contributed by atoms with Crippen molar-refractivity contribution in [2.75, 3.05) is 51.2 Å². The smallest absolute Gasteiger partial charge is 0.408 e. The number of hydrogen-bond acceptors (Lipinski definition) is 10. The molecule has 0 aliphatic heterocycles. The largest absolute Gasteiger partial charge is 0.494 e. The monoisotopic (exact) mass is 596 g/mol. The molecule has 4 rings (SSSR count). The average Bonchev–Trinajstić information content (AvgIpc) is 3.56. The third-order valence-corrected chi connectivity index (χ3v) is 7.88. The summed E-state index contributed by atoms with van der Waals surface area (Å²) in [5.74, 6) is 1.38. The molecule has 0 N–H and O–H groups in total. The summed E-state index contributed by atoms with van der Waals surface area (Å²) >= 11 is 3.08. The predicted molar refractivity (Wildman–Crippen MR) is 169 cm³/mol. The van der Waals surface area contributed by atoms with Gasteiger partial charge in [-0.25, -0.2) is 9.13 Å². The van der Waals surface area contributed by atoms with Crippen molar-refractivity contribution >= 4 is 55.7 Å². The van der Waals surface area contributed by atoms with E-state index in [4.69, 9.17) is 9.47 Å². The second-order valence-corrected chi connectivity index (χ2v) is 10.6. The van der Waals surface area contributed by atoms with E-state index in [0.717, 1.165) is 41.1 Å². The molecule has 2 heterocycles. The Balaban J connectivity index is 0.00000294. The molecular weight excluding hydrogens is 557 g/mol. The molecule has 0 spiro atoms. The minimum atomic E-state index is 0. The topological polar surface area (TPSA) is 82.1 Å². The van der Waals surface area contributed by atoms with Crippen molar-refractivity contribution in [2.24, 2.45) is 34.6 Å². The van der Waals surface area contributed by atoms with Crippen LogP contribution in [0.25, 0.3) is 0 Å². The lowest BCUT2D eigenvalue weighted by atomic mass is 10.2. The van der Waals surface area contributed by atoms with E-state index in [1.807, 2.05) is 82.8 Å². The van der Waals surface area contributed by atoms with Gasteiger partial charge in [0.2, 0.25) is 0 Å². The van der Waals surface area contributed by atoms with Gasteiger partial charge in [-0.15, -0.1) is 0 Å². The van der Waals surface area contributed by atoms with Gasteiger partial charge in [-0.2, -0.15) is 0 Å². The van der Waals surface area contributed by atoms with Gasteiger partial charge in [-0.1, -0.05) is 0 Å². The fraction of sp³-hybridized carbons (Fsp3) is 0.310. The van der Waals surface area contributed by atoms with Crippen LogP contribution in [-0.4, -0.2) is 41.4 Å². The molecule has 0 bridgehead atoms. The van der Waals surface area contributed by atoms with Gasteiger partial charge < -0.3 is 34.1 Å². The number of rotatable bonds is 12. The Kier molecular flexibility index (Phi) is 12.8. The van der Waals surface area contributed by atoms with Crippen LogP contribution in [0.15, 0.2) is 80.0 Å². The molecule has 0 aliphatic carbocycles. The van der Waals surface area contributed by atoms with Gasteiger partial charge in [-0.05, 0) is 63.6 Å². The second-order valence-electron chi connectivity index (χ2n) is 8.90. The van der Waals surface area contributed by atoms with E-state index in [1.165, 1.54) is 22.7 Å². The number of benzene rings is 2. The zero-order chi connectivity index (χ0) is 27.8. The molecule has 220 valence electrons. The molecule has 4 aromatic rings. The van der Waals surface area contributed by atoms with Crippen LogP contribution in [0.3, 0.4) is 0 Å². The van der Waals surface area contributed by atoms with Crippen LogP contribution in [-0.2, 0) is 14.1 Å². The first kappa shape index (κ1) is 33.3. The fourth-order valence-electron chi connectivity index (χ4n) is 3.82. The SMILES string of the molecule is COc1cc(N(C)CCCN(C)c2ccc(N=Nc3scc[n+]3C)c(OC)c2)ccc1N=Nc1scc[n+]1C.[CH3-].[CH3-]. The van der Waals surface area contributed by atoms with Crippen molar-refractivity contribution in [3.63, 3.8) is 0 Å².